The molecular weight excluding hydrogens is 214 g/mol. The third-order valence-corrected chi connectivity index (χ3v) is 3.51. The van der Waals surface area contributed by atoms with Crippen LogP contribution in [0, 0.1) is 5.92 Å². The number of carbonyl (C=O) groups is 1. The topological polar surface area (TPSA) is 40.5 Å². The highest BCUT2D eigenvalue weighted by atomic mass is 16.3. The van der Waals surface area contributed by atoms with Crippen LogP contribution in [0.15, 0.2) is 24.3 Å². The fourth-order valence-corrected chi connectivity index (χ4v) is 2.17. The summed E-state index contributed by atoms with van der Waals surface area (Å²) in [6.07, 6.45) is 3.74. The second kappa shape index (κ2) is 5.21. The van der Waals surface area contributed by atoms with Gasteiger partial charge in [-0.1, -0.05) is 18.6 Å². The summed E-state index contributed by atoms with van der Waals surface area (Å²) in [6, 6.07) is 6.75. The van der Waals surface area contributed by atoms with Crippen molar-refractivity contribution in [2.45, 2.75) is 26.2 Å². The number of carbonyl (C=O) groups excluding carboxylic acids is 1. The van der Waals surface area contributed by atoms with Crippen molar-refractivity contribution in [2.24, 2.45) is 5.92 Å². The number of phenolic OH excluding ortho intramolecular Hbond substituents is 1. The minimum Gasteiger partial charge on any atom is -0.507 e. The van der Waals surface area contributed by atoms with E-state index in [2.05, 4.69) is 0 Å². The Morgan fingerprint density at radius 2 is 2.12 bits per heavy atom. The molecule has 1 aromatic rings. The number of amides is 1. The first-order valence-corrected chi connectivity index (χ1v) is 6.29. The summed E-state index contributed by atoms with van der Waals surface area (Å²) in [5, 5.41) is 9.68. The van der Waals surface area contributed by atoms with Gasteiger partial charge in [-0.05, 0) is 37.8 Å². The van der Waals surface area contributed by atoms with Gasteiger partial charge in [0.2, 0.25) is 0 Å². The molecule has 0 aliphatic heterocycles. The summed E-state index contributed by atoms with van der Waals surface area (Å²) < 4.78 is 0. The first-order chi connectivity index (χ1) is 8.22. The number of hydrogen-bond donors (Lipinski definition) is 1. The Morgan fingerprint density at radius 1 is 1.41 bits per heavy atom. The van der Waals surface area contributed by atoms with E-state index in [1.165, 1.54) is 19.3 Å². The number of hydrogen-bond acceptors (Lipinski definition) is 2. The van der Waals surface area contributed by atoms with Crippen LogP contribution < -0.4 is 0 Å². The molecule has 17 heavy (non-hydrogen) atoms. The summed E-state index contributed by atoms with van der Waals surface area (Å²) >= 11 is 0. The van der Waals surface area contributed by atoms with Crippen LogP contribution in [-0.2, 0) is 0 Å². The molecule has 1 amide bonds. The molecule has 1 N–H and O–H groups in total. The Bertz CT molecular complexity index is 399. The largest absolute Gasteiger partial charge is 0.507 e. The van der Waals surface area contributed by atoms with E-state index in [0.717, 1.165) is 6.54 Å². The van der Waals surface area contributed by atoms with Crippen molar-refractivity contribution in [3.8, 4) is 5.75 Å². The lowest BCUT2D eigenvalue weighted by molar-refractivity contribution is 0.0703. The van der Waals surface area contributed by atoms with Crippen LogP contribution in [0.25, 0.3) is 0 Å². The molecule has 0 radical (unpaired) electrons. The Balaban J connectivity index is 2.08. The van der Waals surface area contributed by atoms with Crippen LogP contribution in [0.2, 0.25) is 0 Å². The number of aromatic hydroxyl groups is 1. The van der Waals surface area contributed by atoms with Gasteiger partial charge < -0.3 is 10.0 Å². The summed E-state index contributed by atoms with van der Waals surface area (Å²) in [4.78, 5) is 14.1. The van der Waals surface area contributed by atoms with Gasteiger partial charge in [0.15, 0.2) is 0 Å². The molecule has 0 bridgehead atoms. The van der Waals surface area contributed by atoms with E-state index >= 15 is 0 Å². The minimum absolute atomic E-state index is 0.0579. The molecule has 1 aliphatic rings. The quantitative estimate of drug-likeness (QED) is 0.868. The maximum atomic E-state index is 12.2. The molecule has 0 unspecified atom stereocenters. The van der Waals surface area contributed by atoms with Gasteiger partial charge in [0.1, 0.15) is 5.75 Å². The molecule has 3 nitrogen and oxygen atoms in total. The van der Waals surface area contributed by atoms with E-state index in [1.54, 1.807) is 24.3 Å². The van der Waals surface area contributed by atoms with Crippen molar-refractivity contribution in [1.82, 2.24) is 4.90 Å². The van der Waals surface area contributed by atoms with Crippen molar-refractivity contribution < 1.29 is 9.90 Å². The predicted octanol–water partition coefficient (Wildman–Crippen LogP) is 2.65. The number of rotatable bonds is 4. The lowest BCUT2D eigenvalue weighted by Crippen LogP contribution is -2.37. The fourth-order valence-electron chi connectivity index (χ4n) is 2.17. The molecule has 0 saturated heterocycles. The van der Waals surface area contributed by atoms with Crippen molar-refractivity contribution in [2.75, 3.05) is 13.1 Å². The van der Waals surface area contributed by atoms with Crippen LogP contribution >= 0.6 is 0 Å². The standard InChI is InChI=1S/C14H19NO2/c1-2-15(10-11-6-5-7-11)14(17)12-8-3-4-9-13(12)16/h3-4,8-9,11,16H,2,5-7,10H2,1H3. The van der Waals surface area contributed by atoms with Gasteiger partial charge in [-0.15, -0.1) is 0 Å². The van der Waals surface area contributed by atoms with E-state index in [0.29, 0.717) is 18.0 Å². The van der Waals surface area contributed by atoms with E-state index in [9.17, 15) is 9.90 Å². The summed E-state index contributed by atoms with van der Waals surface area (Å²) in [7, 11) is 0. The Hall–Kier alpha value is -1.51. The van der Waals surface area contributed by atoms with Crippen LogP contribution in [0.1, 0.15) is 36.5 Å². The van der Waals surface area contributed by atoms with Gasteiger partial charge >= 0.3 is 0 Å². The van der Waals surface area contributed by atoms with E-state index < -0.39 is 0 Å². The van der Waals surface area contributed by atoms with Gasteiger partial charge in [-0.2, -0.15) is 0 Å². The average molecular weight is 233 g/mol. The normalized spacial score (nSPS) is 15.4. The van der Waals surface area contributed by atoms with Crippen molar-refractivity contribution in [3.63, 3.8) is 0 Å². The Labute approximate surface area is 102 Å². The van der Waals surface area contributed by atoms with Gasteiger partial charge in [-0.25, -0.2) is 0 Å². The molecule has 0 heterocycles. The van der Waals surface area contributed by atoms with E-state index in [4.69, 9.17) is 0 Å². The van der Waals surface area contributed by atoms with Crippen molar-refractivity contribution in [1.29, 1.82) is 0 Å². The molecular formula is C14H19NO2. The number of phenols is 1. The Kier molecular flexibility index (Phi) is 3.67. The zero-order chi connectivity index (χ0) is 12.3. The second-order valence-corrected chi connectivity index (χ2v) is 4.66. The molecule has 2 rings (SSSR count). The van der Waals surface area contributed by atoms with Crippen LogP contribution in [0.4, 0.5) is 0 Å². The predicted molar refractivity (Wildman–Crippen MR) is 67.0 cm³/mol. The van der Waals surface area contributed by atoms with Crippen LogP contribution in [0.3, 0.4) is 0 Å². The highest BCUT2D eigenvalue weighted by Crippen LogP contribution is 2.28. The van der Waals surface area contributed by atoms with Gasteiger partial charge in [0, 0.05) is 13.1 Å². The molecule has 3 heteroatoms. The molecule has 0 aromatic heterocycles. The molecule has 0 spiro atoms. The zero-order valence-electron chi connectivity index (χ0n) is 10.2. The van der Waals surface area contributed by atoms with Crippen molar-refractivity contribution >= 4 is 5.91 Å². The third kappa shape index (κ3) is 2.60. The fraction of sp³-hybridized carbons (Fsp3) is 0.500. The summed E-state index contributed by atoms with van der Waals surface area (Å²) in [6.45, 7) is 3.50. The average Bonchev–Trinajstić information content (AvgIpc) is 2.28. The maximum Gasteiger partial charge on any atom is 0.257 e. The summed E-state index contributed by atoms with van der Waals surface area (Å²) in [5.74, 6) is 0.673. The SMILES string of the molecule is CCN(CC1CCC1)C(=O)c1ccccc1O. The number of nitrogens with zero attached hydrogens (tertiary/aromatic N) is 1. The van der Waals surface area contributed by atoms with Gasteiger partial charge in [-0.3, -0.25) is 4.79 Å². The highest BCUT2D eigenvalue weighted by molar-refractivity contribution is 5.96. The molecule has 92 valence electrons. The maximum absolute atomic E-state index is 12.2. The molecule has 1 aromatic carbocycles. The lowest BCUT2D eigenvalue weighted by Gasteiger charge is -2.31. The number of benzene rings is 1. The smallest absolute Gasteiger partial charge is 0.257 e. The summed E-state index contributed by atoms with van der Waals surface area (Å²) in [5.41, 5.74) is 0.411. The number of para-hydroxylation sites is 1. The van der Waals surface area contributed by atoms with E-state index in [-0.39, 0.29) is 11.7 Å². The van der Waals surface area contributed by atoms with Crippen LogP contribution in [0.5, 0.6) is 5.75 Å². The second-order valence-electron chi connectivity index (χ2n) is 4.66. The molecule has 1 aliphatic carbocycles. The van der Waals surface area contributed by atoms with Crippen molar-refractivity contribution in [3.05, 3.63) is 29.8 Å². The first-order valence-electron chi connectivity index (χ1n) is 6.29. The monoisotopic (exact) mass is 233 g/mol. The van der Waals surface area contributed by atoms with Crippen LogP contribution in [-0.4, -0.2) is 29.0 Å². The van der Waals surface area contributed by atoms with Gasteiger partial charge in [0.05, 0.1) is 5.56 Å². The van der Waals surface area contributed by atoms with E-state index in [1.807, 2.05) is 11.8 Å². The minimum atomic E-state index is -0.0579. The van der Waals surface area contributed by atoms with Gasteiger partial charge in [0.25, 0.3) is 5.91 Å². The highest BCUT2D eigenvalue weighted by Gasteiger charge is 2.24. The molecule has 0 atom stereocenters. The first kappa shape index (κ1) is 12.0. The Morgan fingerprint density at radius 3 is 2.65 bits per heavy atom. The molecule has 1 saturated carbocycles. The zero-order valence-corrected chi connectivity index (χ0v) is 10.2. The third-order valence-electron chi connectivity index (χ3n) is 3.51. The molecule has 1 fully saturated rings. The lowest BCUT2D eigenvalue weighted by atomic mass is 9.85.